The molecule has 18 heteroatoms. The molecule has 246 valence electrons. The van der Waals surface area contributed by atoms with Gasteiger partial charge in [-0.05, 0) is 51.4 Å². The van der Waals surface area contributed by atoms with Gasteiger partial charge in [0, 0.05) is 45.8 Å². The molecule has 3 heterocycles. The molecule has 1 aromatic carbocycles. The van der Waals surface area contributed by atoms with Crippen molar-refractivity contribution in [3.63, 3.8) is 0 Å². The van der Waals surface area contributed by atoms with E-state index in [0.29, 0.717) is 5.82 Å². The zero-order valence-electron chi connectivity index (χ0n) is 24.3. The summed E-state index contributed by atoms with van der Waals surface area (Å²) in [6.07, 6.45) is -8.31. The molecule has 11 nitrogen and oxygen atoms in total. The Morgan fingerprint density at radius 3 is 1.82 bits per heavy atom. The molecule has 44 heavy (non-hydrogen) atoms. The summed E-state index contributed by atoms with van der Waals surface area (Å²) in [5.41, 5.74) is 0.927. The number of aromatic nitrogens is 3. The van der Waals surface area contributed by atoms with Crippen LogP contribution in [0.4, 0.5) is 30.7 Å². The summed E-state index contributed by atoms with van der Waals surface area (Å²) in [4.78, 5) is 37.2. The van der Waals surface area contributed by atoms with Crippen LogP contribution in [-0.4, -0.2) is 110 Å². The number of carbonyl (C=O) groups is 3. The molecule has 0 saturated carbocycles. The van der Waals surface area contributed by atoms with Gasteiger partial charge in [0.05, 0.1) is 5.54 Å². The number of likely N-dealkylation sites (tertiary alicyclic amines) is 1. The summed E-state index contributed by atoms with van der Waals surface area (Å²) in [6, 6.07) is 6.86. The quantitative estimate of drug-likeness (QED) is 0.481. The molecule has 2 aromatic rings. The number of carboxylic acids is 2. The van der Waals surface area contributed by atoms with Gasteiger partial charge < -0.3 is 19.7 Å². The number of rotatable bonds is 4. The highest BCUT2D eigenvalue weighted by molar-refractivity contribution is 5.90. The molecule has 0 radical (unpaired) electrons. The van der Waals surface area contributed by atoms with Gasteiger partial charge in [0.2, 0.25) is 5.82 Å². The first-order valence-electron chi connectivity index (χ1n) is 13.2. The molecule has 1 fully saturated rings. The van der Waals surface area contributed by atoms with Crippen molar-refractivity contribution in [2.75, 3.05) is 33.7 Å². The standard InChI is InChI=1S/C22H31FN6O.2C2HF3O2/c1-16(2)27(4)20(30)19-24-25-21-22(26(3)13-14-29(19)21)9-11-28(12-10-22)15-17-5-7-18(23)8-6-17;2*3-2(4,5)1(6)7/h5-8,16H,9-15H2,1-4H3;2*(H,6,7). The molecule has 1 spiro atoms. The lowest BCUT2D eigenvalue weighted by atomic mass is 9.83. The monoisotopic (exact) mass is 642 g/mol. The van der Waals surface area contributed by atoms with Gasteiger partial charge in [-0.3, -0.25) is 14.6 Å². The number of nitrogens with zero attached hydrogens (tertiary/aromatic N) is 6. The van der Waals surface area contributed by atoms with Crippen molar-refractivity contribution < 1.29 is 55.3 Å². The molecule has 2 N–H and O–H groups in total. The van der Waals surface area contributed by atoms with Crippen molar-refractivity contribution >= 4 is 17.8 Å². The van der Waals surface area contributed by atoms with Crippen molar-refractivity contribution in [2.24, 2.45) is 0 Å². The number of fused-ring (bicyclic) bond motifs is 2. The Labute approximate surface area is 247 Å². The van der Waals surface area contributed by atoms with Crippen molar-refractivity contribution in [2.45, 2.75) is 63.7 Å². The molecule has 0 aliphatic carbocycles. The number of halogens is 7. The summed E-state index contributed by atoms with van der Waals surface area (Å²) < 4.78 is 78.7. The van der Waals surface area contributed by atoms with Gasteiger partial charge in [0.1, 0.15) is 5.82 Å². The van der Waals surface area contributed by atoms with Crippen LogP contribution in [0.2, 0.25) is 0 Å². The summed E-state index contributed by atoms with van der Waals surface area (Å²) in [5, 5.41) is 23.1. The fourth-order valence-corrected chi connectivity index (χ4v) is 4.58. The van der Waals surface area contributed by atoms with Crippen molar-refractivity contribution in [1.29, 1.82) is 0 Å². The van der Waals surface area contributed by atoms with Crippen LogP contribution in [0.1, 0.15) is 48.7 Å². The number of hydrogen-bond donors (Lipinski definition) is 2. The average Bonchev–Trinajstić information content (AvgIpc) is 3.37. The highest BCUT2D eigenvalue weighted by Gasteiger charge is 2.47. The first-order valence-corrected chi connectivity index (χ1v) is 13.2. The fourth-order valence-electron chi connectivity index (χ4n) is 4.58. The van der Waals surface area contributed by atoms with Crippen LogP contribution >= 0.6 is 0 Å². The molecule has 2 aliphatic heterocycles. The second-order valence-electron chi connectivity index (χ2n) is 10.5. The Kier molecular flexibility index (Phi) is 11.8. The van der Waals surface area contributed by atoms with E-state index in [2.05, 4.69) is 27.0 Å². The molecule has 0 atom stereocenters. The number of amides is 1. The highest BCUT2D eigenvalue weighted by Crippen LogP contribution is 2.40. The first kappa shape index (κ1) is 36.4. The number of alkyl halides is 6. The zero-order chi connectivity index (χ0) is 33.6. The maximum Gasteiger partial charge on any atom is 0.490 e. The van der Waals surface area contributed by atoms with E-state index in [1.165, 1.54) is 12.1 Å². The molecule has 0 bridgehead atoms. The van der Waals surface area contributed by atoms with Gasteiger partial charge >= 0.3 is 24.3 Å². The predicted octanol–water partition coefficient (Wildman–Crippen LogP) is 3.60. The van der Waals surface area contributed by atoms with Crippen LogP contribution in [-0.2, 0) is 28.2 Å². The summed E-state index contributed by atoms with van der Waals surface area (Å²) >= 11 is 0. The van der Waals surface area contributed by atoms with Crippen LogP contribution in [0.5, 0.6) is 0 Å². The lowest BCUT2D eigenvalue weighted by molar-refractivity contribution is -0.193. The minimum Gasteiger partial charge on any atom is -0.475 e. The Morgan fingerprint density at radius 1 is 0.909 bits per heavy atom. The largest absolute Gasteiger partial charge is 0.490 e. The number of benzene rings is 1. The normalized spacial score (nSPS) is 16.7. The molecular weight excluding hydrogens is 609 g/mol. The summed E-state index contributed by atoms with van der Waals surface area (Å²) in [5.74, 6) is -4.43. The second kappa shape index (κ2) is 14.3. The lowest BCUT2D eigenvalue weighted by Crippen LogP contribution is -2.56. The number of aliphatic carboxylic acids is 2. The van der Waals surface area contributed by atoms with Gasteiger partial charge in [-0.25, -0.2) is 14.0 Å². The minimum absolute atomic E-state index is 0.0720. The number of likely N-dealkylation sites (N-methyl/N-ethyl adjacent to an activating group) is 1. The fraction of sp³-hybridized carbons (Fsp3) is 0.577. The van der Waals surface area contributed by atoms with Crippen molar-refractivity contribution in [3.8, 4) is 0 Å². The van der Waals surface area contributed by atoms with Gasteiger partial charge in [0.25, 0.3) is 5.91 Å². The molecule has 2 aliphatic rings. The SMILES string of the molecule is CC(C)N(C)C(=O)c1nnc2n1CCN(C)C21CCN(Cc2ccc(F)cc2)CC1.O=C(O)C(F)(F)F.O=C(O)C(F)(F)F. The van der Waals surface area contributed by atoms with Crippen LogP contribution < -0.4 is 0 Å². The van der Waals surface area contributed by atoms with E-state index in [4.69, 9.17) is 19.8 Å². The third-order valence-electron chi connectivity index (χ3n) is 7.33. The van der Waals surface area contributed by atoms with E-state index in [1.807, 2.05) is 37.6 Å². The Morgan fingerprint density at radius 2 is 1.39 bits per heavy atom. The van der Waals surface area contributed by atoms with Gasteiger partial charge in [-0.2, -0.15) is 26.3 Å². The summed E-state index contributed by atoms with van der Waals surface area (Å²) in [6.45, 7) is 8.25. The molecule has 1 aromatic heterocycles. The van der Waals surface area contributed by atoms with Crippen LogP contribution in [0.25, 0.3) is 0 Å². The minimum atomic E-state index is -5.08. The Balaban J connectivity index is 0.000000402. The number of carboxylic acid groups (broad SMARTS) is 2. The van der Waals surface area contributed by atoms with Gasteiger partial charge in [-0.15, -0.1) is 10.2 Å². The third-order valence-corrected chi connectivity index (χ3v) is 7.33. The van der Waals surface area contributed by atoms with Gasteiger partial charge in [-0.1, -0.05) is 12.1 Å². The van der Waals surface area contributed by atoms with Crippen molar-refractivity contribution in [1.82, 2.24) is 29.5 Å². The lowest BCUT2D eigenvalue weighted by Gasteiger charge is -2.49. The molecule has 0 unspecified atom stereocenters. The first-order chi connectivity index (χ1) is 20.2. The molecule has 4 rings (SSSR count). The van der Waals surface area contributed by atoms with Crippen LogP contribution in [0.3, 0.4) is 0 Å². The number of hydrogen-bond acceptors (Lipinski definition) is 7. The van der Waals surface area contributed by atoms with E-state index in [0.717, 1.165) is 57.0 Å². The Hall–Kier alpha value is -3.80. The number of carbonyl (C=O) groups excluding carboxylic acids is 1. The van der Waals surface area contributed by atoms with Crippen molar-refractivity contribution in [3.05, 3.63) is 47.3 Å². The second-order valence-corrected chi connectivity index (χ2v) is 10.5. The molecular formula is C26H33F7N6O5. The van der Waals surface area contributed by atoms with Crippen LogP contribution in [0.15, 0.2) is 24.3 Å². The maximum absolute atomic E-state index is 13.2. The van der Waals surface area contributed by atoms with E-state index in [-0.39, 0.29) is 23.3 Å². The van der Waals surface area contributed by atoms with Gasteiger partial charge in [0.15, 0.2) is 5.82 Å². The van der Waals surface area contributed by atoms with E-state index < -0.39 is 24.3 Å². The number of piperidine rings is 1. The van der Waals surface area contributed by atoms with E-state index >= 15 is 0 Å². The zero-order valence-corrected chi connectivity index (χ0v) is 24.3. The molecule has 1 amide bonds. The van der Waals surface area contributed by atoms with E-state index in [9.17, 15) is 35.5 Å². The van der Waals surface area contributed by atoms with E-state index in [1.54, 1.807) is 4.90 Å². The van der Waals surface area contributed by atoms with Crippen LogP contribution in [0, 0.1) is 5.82 Å². The maximum atomic E-state index is 13.2. The molecule has 1 saturated heterocycles. The highest BCUT2D eigenvalue weighted by atomic mass is 19.4. The Bertz CT molecular complexity index is 1270. The summed E-state index contributed by atoms with van der Waals surface area (Å²) in [7, 11) is 3.96. The topological polar surface area (TPSA) is 132 Å². The smallest absolute Gasteiger partial charge is 0.475 e. The third kappa shape index (κ3) is 9.10. The average molecular weight is 643 g/mol. The predicted molar refractivity (Wildman–Crippen MR) is 140 cm³/mol.